The lowest BCUT2D eigenvalue weighted by Gasteiger charge is -2.33. The van der Waals surface area contributed by atoms with Gasteiger partial charge in [-0.1, -0.05) is 31.2 Å². The van der Waals surface area contributed by atoms with E-state index in [1.807, 2.05) is 6.20 Å². The lowest BCUT2D eigenvalue weighted by molar-refractivity contribution is 0.646. The molecule has 1 aliphatic heterocycles. The van der Waals surface area contributed by atoms with E-state index in [9.17, 15) is 0 Å². The summed E-state index contributed by atoms with van der Waals surface area (Å²) < 4.78 is 0. The molecule has 2 heterocycles. The molecule has 0 saturated heterocycles. The lowest BCUT2D eigenvalue weighted by Crippen LogP contribution is -2.26. The summed E-state index contributed by atoms with van der Waals surface area (Å²) in [6.45, 7) is 3.31. The number of alkyl halides is 1. The standard InChI is InChI=1S/C16H17ClN2/c1-12-8-9-19(15-5-3-2-4-14(12)15)16-7-6-13(10-17)11-18-16/h2-7,11-12H,8-10H2,1H3. The Morgan fingerprint density at radius 3 is 2.84 bits per heavy atom. The fraction of sp³-hybridized carbons (Fsp3) is 0.312. The van der Waals surface area contributed by atoms with Gasteiger partial charge in [0.15, 0.2) is 0 Å². The van der Waals surface area contributed by atoms with Gasteiger partial charge in [0.1, 0.15) is 5.82 Å². The number of hydrogen-bond acceptors (Lipinski definition) is 2. The number of nitrogens with zero attached hydrogens (tertiary/aromatic N) is 2. The van der Waals surface area contributed by atoms with E-state index < -0.39 is 0 Å². The Kier molecular flexibility index (Phi) is 3.43. The zero-order chi connectivity index (χ0) is 13.2. The van der Waals surface area contributed by atoms with Crippen LogP contribution in [0, 0.1) is 0 Å². The molecule has 0 amide bonds. The molecular formula is C16H17ClN2. The number of hydrogen-bond donors (Lipinski definition) is 0. The number of para-hydroxylation sites is 1. The third-order valence-corrected chi connectivity index (χ3v) is 4.09. The second-order valence-corrected chi connectivity index (χ2v) is 5.33. The Balaban J connectivity index is 1.99. The molecule has 0 aliphatic carbocycles. The van der Waals surface area contributed by atoms with Crippen LogP contribution in [0.15, 0.2) is 42.6 Å². The fourth-order valence-corrected chi connectivity index (χ4v) is 2.80. The van der Waals surface area contributed by atoms with Gasteiger partial charge in [0.05, 0.1) is 0 Å². The van der Waals surface area contributed by atoms with Gasteiger partial charge in [0.25, 0.3) is 0 Å². The Bertz CT molecular complexity index is 565. The molecule has 98 valence electrons. The molecule has 2 nitrogen and oxygen atoms in total. The summed E-state index contributed by atoms with van der Waals surface area (Å²) in [7, 11) is 0. The number of benzene rings is 1. The topological polar surface area (TPSA) is 16.1 Å². The van der Waals surface area contributed by atoms with Crippen LogP contribution in [0.4, 0.5) is 11.5 Å². The van der Waals surface area contributed by atoms with Crippen molar-refractivity contribution in [2.24, 2.45) is 0 Å². The van der Waals surface area contributed by atoms with E-state index in [1.54, 1.807) is 0 Å². The maximum Gasteiger partial charge on any atom is 0.132 e. The van der Waals surface area contributed by atoms with Crippen molar-refractivity contribution >= 4 is 23.1 Å². The highest BCUT2D eigenvalue weighted by molar-refractivity contribution is 6.17. The van der Waals surface area contributed by atoms with E-state index >= 15 is 0 Å². The molecule has 0 radical (unpaired) electrons. The predicted octanol–water partition coefficient (Wildman–Crippen LogP) is 4.47. The third kappa shape index (κ3) is 2.33. The molecule has 0 spiro atoms. The van der Waals surface area contributed by atoms with Crippen LogP contribution in [0.1, 0.15) is 30.4 Å². The van der Waals surface area contributed by atoms with Crippen molar-refractivity contribution in [3.05, 3.63) is 53.7 Å². The van der Waals surface area contributed by atoms with Crippen LogP contribution in [0.2, 0.25) is 0 Å². The number of rotatable bonds is 2. The van der Waals surface area contributed by atoms with Gasteiger partial charge in [0.2, 0.25) is 0 Å². The lowest BCUT2D eigenvalue weighted by atomic mass is 9.91. The largest absolute Gasteiger partial charge is 0.326 e. The summed E-state index contributed by atoms with van der Waals surface area (Å²) in [5.74, 6) is 2.14. The second-order valence-electron chi connectivity index (χ2n) is 5.06. The average molecular weight is 273 g/mol. The summed E-state index contributed by atoms with van der Waals surface area (Å²) >= 11 is 5.81. The van der Waals surface area contributed by atoms with Gasteiger partial charge < -0.3 is 4.90 Å². The summed E-state index contributed by atoms with van der Waals surface area (Å²) in [6.07, 6.45) is 3.03. The van der Waals surface area contributed by atoms with E-state index in [0.29, 0.717) is 11.8 Å². The van der Waals surface area contributed by atoms with Gasteiger partial charge in [-0.3, -0.25) is 0 Å². The molecule has 1 aromatic carbocycles. The molecule has 3 heteroatoms. The van der Waals surface area contributed by atoms with Crippen LogP contribution >= 0.6 is 11.6 Å². The molecular weight excluding hydrogens is 256 g/mol. The van der Waals surface area contributed by atoms with Crippen LogP contribution in [0.3, 0.4) is 0 Å². The first kappa shape index (κ1) is 12.5. The van der Waals surface area contributed by atoms with Gasteiger partial charge in [-0.25, -0.2) is 4.98 Å². The number of fused-ring (bicyclic) bond motifs is 1. The third-order valence-electron chi connectivity index (χ3n) is 3.78. The Morgan fingerprint density at radius 2 is 2.11 bits per heavy atom. The predicted molar refractivity (Wildman–Crippen MR) is 80.3 cm³/mol. The molecule has 19 heavy (non-hydrogen) atoms. The van der Waals surface area contributed by atoms with Crippen LogP contribution in [-0.4, -0.2) is 11.5 Å². The zero-order valence-electron chi connectivity index (χ0n) is 11.0. The van der Waals surface area contributed by atoms with Crippen LogP contribution in [-0.2, 0) is 5.88 Å². The molecule has 3 rings (SSSR count). The van der Waals surface area contributed by atoms with Crippen LogP contribution in [0.25, 0.3) is 0 Å². The molecule has 0 N–H and O–H groups in total. The van der Waals surface area contributed by atoms with Gasteiger partial charge >= 0.3 is 0 Å². The minimum atomic E-state index is 0.515. The first-order valence-electron chi connectivity index (χ1n) is 6.67. The first-order valence-corrected chi connectivity index (χ1v) is 7.20. The normalized spacial score (nSPS) is 18.2. The highest BCUT2D eigenvalue weighted by atomic mass is 35.5. The van der Waals surface area contributed by atoms with E-state index in [2.05, 4.69) is 53.2 Å². The molecule has 0 bridgehead atoms. The zero-order valence-corrected chi connectivity index (χ0v) is 11.8. The molecule has 1 aliphatic rings. The molecule has 0 saturated carbocycles. The van der Waals surface area contributed by atoms with Crippen molar-refractivity contribution in [1.29, 1.82) is 0 Å². The summed E-state index contributed by atoms with van der Waals surface area (Å²) in [6, 6.07) is 12.7. The maximum atomic E-state index is 5.81. The highest BCUT2D eigenvalue weighted by Gasteiger charge is 2.23. The summed E-state index contributed by atoms with van der Waals surface area (Å²) in [5.41, 5.74) is 3.76. The van der Waals surface area contributed by atoms with Gasteiger partial charge in [-0.15, -0.1) is 11.6 Å². The Hall–Kier alpha value is -1.54. The minimum Gasteiger partial charge on any atom is -0.326 e. The second kappa shape index (κ2) is 5.22. The molecule has 1 atom stereocenters. The van der Waals surface area contributed by atoms with Crippen molar-refractivity contribution in [3.8, 4) is 0 Å². The van der Waals surface area contributed by atoms with Crippen molar-refractivity contribution in [2.45, 2.75) is 25.1 Å². The average Bonchev–Trinajstić information content (AvgIpc) is 2.48. The van der Waals surface area contributed by atoms with E-state index in [-0.39, 0.29) is 0 Å². The van der Waals surface area contributed by atoms with Gasteiger partial charge in [0, 0.05) is 24.3 Å². The van der Waals surface area contributed by atoms with Gasteiger partial charge in [-0.05, 0) is 35.6 Å². The summed E-state index contributed by atoms with van der Waals surface area (Å²) in [4.78, 5) is 6.84. The number of anilines is 2. The maximum absolute atomic E-state index is 5.81. The smallest absolute Gasteiger partial charge is 0.132 e. The monoisotopic (exact) mass is 272 g/mol. The first-order chi connectivity index (χ1) is 9.29. The van der Waals surface area contributed by atoms with Crippen molar-refractivity contribution in [1.82, 2.24) is 4.98 Å². The minimum absolute atomic E-state index is 0.515. The van der Waals surface area contributed by atoms with Gasteiger partial charge in [-0.2, -0.15) is 0 Å². The van der Waals surface area contributed by atoms with Crippen molar-refractivity contribution in [2.75, 3.05) is 11.4 Å². The van der Waals surface area contributed by atoms with E-state index in [0.717, 1.165) is 24.3 Å². The summed E-state index contributed by atoms with van der Waals surface area (Å²) in [5, 5.41) is 0. The van der Waals surface area contributed by atoms with Crippen LogP contribution < -0.4 is 4.90 Å². The molecule has 0 fully saturated rings. The Labute approximate surface area is 119 Å². The van der Waals surface area contributed by atoms with E-state index in [1.165, 1.54) is 11.3 Å². The molecule has 1 aromatic heterocycles. The molecule has 2 aromatic rings. The highest BCUT2D eigenvalue weighted by Crippen LogP contribution is 2.38. The SMILES string of the molecule is CC1CCN(c2ccc(CCl)cn2)c2ccccc21. The van der Waals surface area contributed by atoms with E-state index in [4.69, 9.17) is 11.6 Å². The number of aromatic nitrogens is 1. The Morgan fingerprint density at radius 1 is 1.26 bits per heavy atom. The molecule has 1 unspecified atom stereocenters. The van der Waals surface area contributed by atoms with Crippen molar-refractivity contribution < 1.29 is 0 Å². The van der Waals surface area contributed by atoms with Crippen LogP contribution in [0.5, 0.6) is 0 Å². The number of halogens is 1. The van der Waals surface area contributed by atoms with Crippen molar-refractivity contribution in [3.63, 3.8) is 0 Å². The number of pyridine rings is 1. The fourth-order valence-electron chi connectivity index (χ4n) is 2.64. The quantitative estimate of drug-likeness (QED) is 0.750.